The molecule has 1 fully saturated rings. The SMILES string of the molecule is Cc1cc(-n2nnnc2C2CCCC2)ccc1C(=O)O. The van der Waals surface area contributed by atoms with Gasteiger partial charge in [-0.25, -0.2) is 4.79 Å². The third-order valence-electron chi connectivity index (χ3n) is 3.90. The number of hydrogen-bond acceptors (Lipinski definition) is 4. The van der Waals surface area contributed by atoms with Crippen LogP contribution in [0.25, 0.3) is 5.69 Å². The Morgan fingerprint density at radius 2 is 2.10 bits per heavy atom. The van der Waals surface area contributed by atoms with Gasteiger partial charge in [0.15, 0.2) is 5.82 Å². The summed E-state index contributed by atoms with van der Waals surface area (Å²) in [4.78, 5) is 11.0. The predicted octanol–water partition coefficient (Wildman–Crippen LogP) is 2.33. The van der Waals surface area contributed by atoms with Gasteiger partial charge in [0.2, 0.25) is 0 Å². The Morgan fingerprint density at radius 3 is 2.75 bits per heavy atom. The van der Waals surface area contributed by atoms with Crippen LogP contribution in [0.1, 0.15) is 53.3 Å². The molecular formula is C14H16N4O2. The molecule has 1 aromatic heterocycles. The first-order valence-corrected chi connectivity index (χ1v) is 6.79. The third kappa shape index (κ3) is 2.17. The van der Waals surface area contributed by atoms with E-state index in [0.717, 1.165) is 24.4 Å². The molecule has 104 valence electrons. The molecule has 1 aliphatic rings. The van der Waals surface area contributed by atoms with Gasteiger partial charge in [-0.3, -0.25) is 0 Å². The Bertz CT molecular complexity index is 644. The van der Waals surface area contributed by atoms with Crippen molar-refractivity contribution in [3.05, 3.63) is 35.2 Å². The lowest BCUT2D eigenvalue weighted by Crippen LogP contribution is -2.08. The fourth-order valence-electron chi connectivity index (χ4n) is 2.84. The van der Waals surface area contributed by atoms with Crippen LogP contribution in [0.2, 0.25) is 0 Å². The van der Waals surface area contributed by atoms with Gasteiger partial charge < -0.3 is 5.11 Å². The molecular weight excluding hydrogens is 256 g/mol. The maximum absolute atomic E-state index is 11.0. The fourth-order valence-corrected chi connectivity index (χ4v) is 2.84. The summed E-state index contributed by atoms with van der Waals surface area (Å²) in [6.45, 7) is 1.78. The predicted molar refractivity (Wildman–Crippen MR) is 72.1 cm³/mol. The van der Waals surface area contributed by atoms with Crippen LogP contribution in [-0.2, 0) is 0 Å². The highest BCUT2D eigenvalue weighted by molar-refractivity contribution is 5.89. The lowest BCUT2D eigenvalue weighted by atomic mass is 10.1. The Labute approximate surface area is 116 Å². The summed E-state index contributed by atoms with van der Waals surface area (Å²) in [6.07, 6.45) is 4.67. The summed E-state index contributed by atoms with van der Waals surface area (Å²) in [6, 6.07) is 5.18. The van der Waals surface area contributed by atoms with Crippen molar-refractivity contribution in [2.45, 2.75) is 38.5 Å². The number of hydrogen-bond donors (Lipinski definition) is 1. The second kappa shape index (κ2) is 5.03. The molecule has 0 bridgehead atoms. The van der Waals surface area contributed by atoms with Crippen molar-refractivity contribution < 1.29 is 9.90 Å². The summed E-state index contributed by atoms with van der Waals surface area (Å²) < 4.78 is 1.73. The van der Waals surface area contributed by atoms with Gasteiger partial charge in [-0.2, -0.15) is 4.68 Å². The Balaban J connectivity index is 1.99. The molecule has 1 heterocycles. The smallest absolute Gasteiger partial charge is 0.335 e. The molecule has 6 nitrogen and oxygen atoms in total. The molecule has 0 spiro atoms. The van der Waals surface area contributed by atoms with Crippen molar-refractivity contribution in [1.82, 2.24) is 20.2 Å². The van der Waals surface area contributed by atoms with Crippen LogP contribution >= 0.6 is 0 Å². The van der Waals surface area contributed by atoms with Crippen molar-refractivity contribution >= 4 is 5.97 Å². The first-order valence-electron chi connectivity index (χ1n) is 6.79. The van der Waals surface area contributed by atoms with E-state index in [1.165, 1.54) is 12.8 Å². The average Bonchev–Trinajstić information content (AvgIpc) is 3.09. The molecule has 0 aliphatic heterocycles. The van der Waals surface area contributed by atoms with E-state index in [0.29, 0.717) is 17.0 Å². The normalized spacial score (nSPS) is 15.7. The maximum Gasteiger partial charge on any atom is 0.335 e. The molecule has 1 saturated carbocycles. The molecule has 0 unspecified atom stereocenters. The number of aromatic nitrogens is 4. The van der Waals surface area contributed by atoms with Gasteiger partial charge in [-0.15, -0.1) is 5.10 Å². The van der Waals surface area contributed by atoms with Crippen LogP contribution in [0, 0.1) is 6.92 Å². The number of aryl methyl sites for hydroxylation is 1. The Kier molecular flexibility index (Phi) is 3.22. The van der Waals surface area contributed by atoms with E-state index in [1.807, 2.05) is 6.07 Å². The number of nitrogens with zero attached hydrogens (tertiary/aromatic N) is 4. The lowest BCUT2D eigenvalue weighted by molar-refractivity contribution is 0.0696. The molecule has 0 amide bonds. The molecule has 1 aromatic carbocycles. The zero-order valence-corrected chi connectivity index (χ0v) is 11.3. The number of rotatable bonds is 3. The van der Waals surface area contributed by atoms with Gasteiger partial charge in [0.25, 0.3) is 0 Å². The van der Waals surface area contributed by atoms with Gasteiger partial charge in [-0.1, -0.05) is 12.8 Å². The minimum Gasteiger partial charge on any atom is -0.478 e. The number of aromatic carboxylic acids is 1. The van der Waals surface area contributed by atoms with Gasteiger partial charge in [0, 0.05) is 5.92 Å². The maximum atomic E-state index is 11.0. The van der Waals surface area contributed by atoms with Gasteiger partial charge >= 0.3 is 5.97 Å². The largest absolute Gasteiger partial charge is 0.478 e. The summed E-state index contributed by atoms with van der Waals surface area (Å²) in [7, 11) is 0. The number of carboxylic acids is 1. The molecule has 0 atom stereocenters. The lowest BCUT2D eigenvalue weighted by Gasteiger charge is -2.10. The van der Waals surface area contributed by atoms with E-state index in [1.54, 1.807) is 23.7 Å². The van der Waals surface area contributed by atoms with Crippen LogP contribution < -0.4 is 0 Å². The Morgan fingerprint density at radius 1 is 1.35 bits per heavy atom. The van der Waals surface area contributed by atoms with Crippen molar-refractivity contribution in [1.29, 1.82) is 0 Å². The van der Waals surface area contributed by atoms with Crippen molar-refractivity contribution in [2.24, 2.45) is 0 Å². The molecule has 0 saturated heterocycles. The molecule has 3 rings (SSSR count). The van der Waals surface area contributed by atoms with E-state index in [2.05, 4.69) is 15.5 Å². The van der Waals surface area contributed by atoms with E-state index in [-0.39, 0.29) is 0 Å². The summed E-state index contributed by atoms with van der Waals surface area (Å²) in [5.41, 5.74) is 1.84. The first-order chi connectivity index (χ1) is 9.66. The van der Waals surface area contributed by atoms with E-state index in [4.69, 9.17) is 5.11 Å². The van der Waals surface area contributed by atoms with Crippen LogP contribution in [0.4, 0.5) is 0 Å². The highest BCUT2D eigenvalue weighted by atomic mass is 16.4. The minimum absolute atomic E-state index is 0.309. The van der Waals surface area contributed by atoms with Gasteiger partial charge in [0.05, 0.1) is 11.3 Å². The molecule has 1 aliphatic carbocycles. The molecule has 1 N–H and O–H groups in total. The standard InChI is InChI=1S/C14H16N4O2/c1-9-8-11(6-7-12(9)14(19)20)18-13(15-16-17-18)10-4-2-3-5-10/h6-8,10H,2-5H2,1H3,(H,19,20). The van der Waals surface area contributed by atoms with Gasteiger partial charge in [-0.05, 0) is 54.0 Å². The second-order valence-corrected chi connectivity index (χ2v) is 5.23. The highest BCUT2D eigenvalue weighted by Gasteiger charge is 2.23. The zero-order chi connectivity index (χ0) is 14.1. The van der Waals surface area contributed by atoms with Gasteiger partial charge in [0.1, 0.15) is 0 Å². The van der Waals surface area contributed by atoms with Crippen molar-refractivity contribution in [3.63, 3.8) is 0 Å². The van der Waals surface area contributed by atoms with Crippen LogP contribution in [0.3, 0.4) is 0 Å². The zero-order valence-electron chi connectivity index (χ0n) is 11.3. The topological polar surface area (TPSA) is 80.9 Å². The number of carboxylic acid groups (broad SMARTS) is 1. The Hall–Kier alpha value is -2.24. The third-order valence-corrected chi connectivity index (χ3v) is 3.90. The molecule has 2 aromatic rings. The monoisotopic (exact) mass is 272 g/mol. The van der Waals surface area contributed by atoms with Crippen molar-refractivity contribution in [2.75, 3.05) is 0 Å². The van der Waals surface area contributed by atoms with Crippen LogP contribution in [0.15, 0.2) is 18.2 Å². The number of carbonyl (C=O) groups is 1. The summed E-state index contributed by atoms with van der Waals surface area (Å²) in [5.74, 6) is 0.371. The summed E-state index contributed by atoms with van der Waals surface area (Å²) in [5, 5.41) is 21.0. The first kappa shape index (κ1) is 12.8. The summed E-state index contributed by atoms with van der Waals surface area (Å²) >= 11 is 0. The van der Waals surface area contributed by atoms with E-state index < -0.39 is 5.97 Å². The fraction of sp³-hybridized carbons (Fsp3) is 0.429. The molecule has 20 heavy (non-hydrogen) atoms. The quantitative estimate of drug-likeness (QED) is 0.927. The van der Waals surface area contributed by atoms with E-state index >= 15 is 0 Å². The average molecular weight is 272 g/mol. The van der Waals surface area contributed by atoms with Crippen LogP contribution in [-0.4, -0.2) is 31.3 Å². The molecule has 0 radical (unpaired) electrons. The van der Waals surface area contributed by atoms with E-state index in [9.17, 15) is 4.79 Å². The van der Waals surface area contributed by atoms with Crippen LogP contribution in [0.5, 0.6) is 0 Å². The number of tetrazole rings is 1. The molecule has 6 heteroatoms. The van der Waals surface area contributed by atoms with Crippen molar-refractivity contribution in [3.8, 4) is 5.69 Å². The highest BCUT2D eigenvalue weighted by Crippen LogP contribution is 2.33. The second-order valence-electron chi connectivity index (χ2n) is 5.23. The number of benzene rings is 1. The minimum atomic E-state index is -0.915.